The Morgan fingerprint density at radius 3 is 2.78 bits per heavy atom. The fourth-order valence-electron chi connectivity index (χ4n) is 1.85. The van der Waals surface area contributed by atoms with Gasteiger partial charge in [0.2, 0.25) is 5.95 Å². The average molecular weight is 258 g/mol. The Hall–Kier alpha value is -2.00. The molecule has 1 aromatic heterocycles. The molecule has 0 fully saturated rings. The summed E-state index contributed by atoms with van der Waals surface area (Å²) in [6.45, 7) is 0.744. The molecule has 0 aliphatic rings. The number of hydrogen-bond acceptors (Lipinski definition) is 2. The molecular weight excluding hydrogens is 246 g/mol. The van der Waals surface area contributed by atoms with Crippen molar-refractivity contribution in [1.82, 2.24) is 9.97 Å². The molecule has 3 rings (SSSR count). The number of nitrogens with zero attached hydrogens (tertiary/aromatic N) is 1. The zero-order valence-corrected chi connectivity index (χ0v) is 10.4. The Balaban J connectivity index is 1.79. The lowest BCUT2D eigenvalue weighted by Gasteiger charge is -2.01. The molecule has 4 heteroatoms. The summed E-state index contributed by atoms with van der Waals surface area (Å²) in [4.78, 5) is 7.64. The first-order valence-electron chi connectivity index (χ1n) is 5.74. The first-order valence-corrected chi connectivity index (χ1v) is 6.12. The van der Waals surface area contributed by atoms with Crippen LogP contribution in [-0.2, 0) is 6.54 Å². The lowest BCUT2D eigenvalue weighted by molar-refractivity contribution is 1.10. The molecule has 0 amide bonds. The van der Waals surface area contributed by atoms with Gasteiger partial charge in [-0.2, -0.15) is 0 Å². The second-order valence-electron chi connectivity index (χ2n) is 4.09. The number of H-pyrrole nitrogens is 1. The van der Waals surface area contributed by atoms with Crippen LogP contribution in [-0.4, -0.2) is 9.97 Å². The minimum atomic E-state index is 0.709. The van der Waals surface area contributed by atoms with Crippen LogP contribution in [0, 0.1) is 0 Å². The van der Waals surface area contributed by atoms with Crippen LogP contribution in [0.5, 0.6) is 0 Å². The van der Waals surface area contributed by atoms with E-state index in [0.29, 0.717) is 5.02 Å². The van der Waals surface area contributed by atoms with E-state index in [-0.39, 0.29) is 0 Å². The molecule has 0 atom stereocenters. The number of anilines is 1. The summed E-state index contributed by atoms with van der Waals surface area (Å²) >= 11 is 5.93. The number of imidazole rings is 1. The van der Waals surface area contributed by atoms with Crippen molar-refractivity contribution in [2.45, 2.75) is 6.54 Å². The van der Waals surface area contributed by atoms with Crippen molar-refractivity contribution in [2.24, 2.45) is 0 Å². The molecule has 0 spiro atoms. The van der Waals surface area contributed by atoms with Gasteiger partial charge in [0.25, 0.3) is 0 Å². The molecule has 3 nitrogen and oxygen atoms in total. The Labute approximate surface area is 110 Å². The van der Waals surface area contributed by atoms with Gasteiger partial charge in [0.1, 0.15) is 0 Å². The van der Waals surface area contributed by atoms with E-state index in [1.165, 1.54) is 5.56 Å². The van der Waals surface area contributed by atoms with Gasteiger partial charge in [-0.15, -0.1) is 0 Å². The maximum atomic E-state index is 5.93. The first-order chi connectivity index (χ1) is 8.81. The van der Waals surface area contributed by atoms with E-state index in [9.17, 15) is 0 Å². The van der Waals surface area contributed by atoms with Crippen molar-refractivity contribution in [3.8, 4) is 0 Å². The zero-order chi connectivity index (χ0) is 12.4. The highest BCUT2D eigenvalue weighted by molar-refractivity contribution is 6.31. The number of hydrogen-bond donors (Lipinski definition) is 2. The van der Waals surface area contributed by atoms with Gasteiger partial charge in [0, 0.05) is 11.6 Å². The minimum absolute atomic E-state index is 0.709. The van der Waals surface area contributed by atoms with E-state index in [1.54, 1.807) is 0 Å². The highest BCUT2D eigenvalue weighted by Crippen LogP contribution is 2.19. The topological polar surface area (TPSA) is 40.7 Å². The molecule has 0 radical (unpaired) electrons. The fourth-order valence-corrected chi connectivity index (χ4v) is 2.02. The number of aromatic nitrogens is 2. The number of nitrogens with one attached hydrogen (secondary N) is 2. The molecule has 3 aromatic rings. The third kappa shape index (κ3) is 2.31. The van der Waals surface area contributed by atoms with Crippen LogP contribution in [0.4, 0.5) is 5.95 Å². The third-order valence-corrected chi connectivity index (χ3v) is 2.98. The summed E-state index contributed by atoms with van der Waals surface area (Å²) in [6.07, 6.45) is 0. The fraction of sp³-hybridized carbons (Fsp3) is 0.0714. The van der Waals surface area contributed by atoms with Gasteiger partial charge in [-0.1, -0.05) is 41.9 Å². The largest absolute Gasteiger partial charge is 0.352 e. The van der Waals surface area contributed by atoms with Gasteiger partial charge in [0.05, 0.1) is 11.0 Å². The second-order valence-corrected chi connectivity index (χ2v) is 4.52. The van der Waals surface area contributed by atoms with Gasteiger partial charge in [-0.3, -0.25) is 0 Å². The Kier molecular flexibility index (Phi) is 2.90. The Morgan fingerprint density at radius 1 is 1.11 bits per heavy atom. The standard InChI is InChI=1S/C14H12ClN3/c15-11-6-7-12-13(8-11)18-14(17-12)16-9-10-4-2-1-3-5-10/h1-8H,9H2,(H2,16,17,18). The summed E-state index contributed by atoms with van der Waals surface area (Å²) in [6, 6.07) is 15.8. The molecule has 0 unspecified atom stereocenters. The van der Waals surface area contributed by atoms with Crippen molar-refractivity contribution >= 4 is 28.6 Å². The molecule has 0 aliphatic carbocycles. The maximum absolute atomic E-state index is 5.93. The summed E-state index contributed by atoms with van der Waals surface area (Å²) in [5, 5.41) is 3.97. The van der Waals surface area contributed by atoms with Gasteiger partial charge in [0.15, 0.2) is 0 Å². The minimum Gasteiger partial charge on any atom is -0.352 e. The molecule has 90 valence electrons. The van der Waals surface area contributed by atoms with Crippen LogP contribution in [0.2, 0.25) is 5.02 Å². The lowest BCUT2D eigenvalue weighted by Crippen LogP contribution is -2.00. The highest BCUT2D eigenvalue weighted by Gasteiger charge is 2.02. The highest BCUT2D eigenvalue weighted by atomic mass is 35.5. The van der Waals surface area contributed by atoms with E-state index >= 15 is 0 Å². The lowest BCUT2D eigenvalue weighted by atomic mass is 10.2. The molecule has 2 aromatic carbocycles. The predicted molar refractivity (Wildman–Crippen MR) is 74.9 cm³/mol. The van der Waals surface area contributed by atoms with Crippen LogP contribution in [0.1, 0.15) is 5.56 Å². The molecule has 0 saturated heterocycles. The van der Waals surface area contributed by atoms with E-state index < -0.39 is 0 Å². The van der Waals surface area contributed by atoms with Gasteiger partial charge >= 0.3 is 0 Å². The quantitative estimate of drug-likeness (QED) is 0.749. The van der Waals surface area contributed by atoms with Gasteiger partial charge in [-0.25, -0.2) is 4.98 Å². The third-order valence-electron chi connectivity index (χ3n) is 2.75. The maximum Gasteiger partial charge on any atom is 0.201 e. The Morgan fingerprint density at radius 2 is 1.94 bits per heavy atom. The summed E-state index contributed by atoms with van der Waals surface area (Å²) in [5.74, 6) is 0.760. The van der Waals surface area contributed by atoms with E-state index in [2.05, 4.69) is 27.4 Å². The van der Waals surface area contributed by atoms with E-state index in [0.717, 1.165) is 23.5 Å². The van der Waals surface area contributed by atoms with E-state index in [1.807, 2.05) is 36.4 Å². The monoisotopic (exact) mass is 257 g/mol. The van der Waals surface area contributed by atoms with Crippen molar-refractivity contribution in [2.75, 3.05) is 5.32 Å². The van der Waals surface area contributed by atoms with Gasteiger partial charge in [-0.05, 0) is 23.8 Å². The van der Waals surface area contributed by atoms with Crippen molar-refractivity contribution in [3.05, 3.63) is 59.1 Å². The number of benzene rings is 2. The smallest absolute Gasteiger partial charge is 0.201 e. The van der Waals surface area contributed by atoms with Crippen LogP contribution in [0.3, 0.4) is 0 Å². The molecule has 0 aliphatic heterocycles. The number of aromatic amines is 1. The SMILES string of the molecule is Clc1ccc2nc(NCc3ccccc3)[nH]c2c1. The predicted octanol–water partition coefficient (Wildman–Crippen LogP) is 3.83. The molecule has 1 heterocycles. The number of halogens is 1. The Bertz CT molecular complexity index is 661. The first kappa shape index (κ1) is 11.1. The van der Waals surface area contributed by atoms with Crippen molar-refractivity contribution in [3.63, 3.8) is 0 Å². The number of fused-ring (bicyclic) bond motifs is 1. The zero-order valence-electron chi connectivity index (χ0n) is 9.65. The molecular formula is C14H12ClN3. The summed E-state index contributed by atoms with van der Waals surface area (Å²) < 4.78 is 0. The number of rotatable bonds is 3. The van der Waals surface area contributed by atoms with Crippen LogP contribution < -0.4 is 5.32 Å². The molecule has 0 saturated carbocycles. The van der Waals surface area contributed by atoms with Crippen molar-refractivity contribution in [1.29, 1.82) is 0 Å². The second kappa shape index (κ2) is 4.70. The normalized spacial score (nSPS) is 10.7. The van der Waals surface area contributed by atoms with Crippen LogP contribution >= 0.6 is 11.6 Å². The summed E-state index contributed by atoms with van der Waals surface area (Å²) in [7, 11) is 0. The molecule has 18 heavy (non-hydrogen) atoms. The van der Waals surface area contributed by atoms with Gasteiger partial charge < -0.3 is 10.3 Å². The van der Waals surface area contributed by atoms with E-state index in [4.69, 9.17) is 11.6 Å². The van der Waals surface area contributed by atoms with Crippen molar-refractivity contribution < 1.29 is 0 Å². The summed E-state index contributed by atoms with van der Waals surface area (Å²) in [5.41, 5.74) is 3.07. The van der Waals surface area contributed by atoms with Crippen LogP contribution in [0.15, 0.2) is 48.5 Å². The van der Waals surface area contributed by atoms with Crippen LogP contribution in [0.25, 0.3) is 11.0 Å². The average Bonchev–Trinajstić information content (AvgIpc) is 2.79. The molecule has 0 bridgehead atoms. The molecule has 2 N–H and O–H groups in total.